The number of rotatable bonds is 11. The number of aryl methyl sites for hydroxylation is 1. The number of hydrogen-bond donors (Lipinski definition) is 1. The number of carbonyl (C=O) groups is 1. The number of benzene rings is 3. The third kappa shape index (κ3) is 6.62. The first-order valence-electron chi connectivity index (χ1n) is 10.7. The van der Waals surface area contributed by atoms with Crippen LogP contribution in [0, 0.1) is 0 Å². The van der Waals surface area contributed by atoms with Crippen molar-refractivity contribution in [3.63, 3.8) is 0 Å². The summed E-state index contributed by atoms with van der Waals surface area (Å²) < 4.78 is 10.7. The Bertz CT molecular complexity index is 957. The molecule has 0 saturated heterocycles. The van der Waals surface area contributed by atoms with Crippen molar-refractivity contribution in [1.82, 2.24) is 4.90 Å². The van der Waals surface area contributed by atoms with Crippen molar-refractivity contribution >= 4 is 16.7 Å². The molecule has 5 nitrogen and oxygen atoms in total. The Morgan fingerprint density at radius 3 is 2.29 bits per heavy atom. The van der Waals surface area contributed by atoms with E-state index >= 15 is 0 Å². The fourth-order valence-electron chi connectivity index (χ4n) is 3.78. The van der Waals surface area contributed by atoms with Crippen LogP contribution in [-0.2, 0) is 27.1 Å². The molecule has 5 heteroatoms. The van der Waals surface area contributed by atoms with Gasteiger partial charge < -0.3 is 20.1 Å². The summed E-state index contributed by atoms with van der Waals surface area (Å²) in [5.74, 6) is -0.0830. The van der Waals surface area contributed by atoms with Crippen LogP contribution in [0.4, 0.5) is 0 Å². The molecular weight excluding hydrogens is 388 g/mol. The maximum Gasteiger partial charge on any atom is 0.240 e. The lowest BCUT2D eigenvalue weighted by Crippen LogP contribution is -2.48. The van der Waals surface area contributed by atoms with Gasteiger partial charge in [0.05, 0.1) is 12.6 Å². The number of nitrogens with zero attached hydrogens (tertiary/aromatic N) is 1. The van der Waals surface area contributed by atoms with Crippen molar-refractivity contribution < 1.29 is 14.3 Å². The summed E-state index contributed by atoms with van der Waals surface area (Å²) in [6, 6.07) is 24.1. The number of methoxy groups -OCH3 is 2. The quantitative estimate of drug-likeness (QED) is 0.480. The molecular formula is C26H32N2O3. The van der Waals surface area contributed by atoms with Crippen LogP contribution < -0.4 is 5.73 Å². The Kier molecular flexibility index (Phi) is 8.59. The van der Waals surface area contributed by atoms with Crippen LogP contribution in [-0.4, -0.2) is 50.4 Å². The third-order valence-corrected chi connectivity index (χ3v) is 5.53. The average molecular weight is 421 g/mol. The predicted molar refractivity (Wildman–Crippen MR) is 125 cm³/mol. The fraction of sp³-hybridized carbons (Fsp3) is 0.346. The standard InChI is InChI=1S/C26H32N2O3/c1-30-25(31-2)19-28(16-8-11-20-9-4-3-5-10-20)26(29)24(27)18-21-14-15-22-12-6-7-13-23(22)17-21/h3-7,9-10,12-15,17,24-25H,8,11,16,18-19,27H2,1-2H3/t24-/m0/s1. The molecule has 0 aliphatic rings. The average Bonchev–Trinajstić information content (AvgIpc) is 2.81. The van der Waals surface area contributed by atoms with E-state index in [1.165, 1.54) is 10.9 Å². The van der Waals surface area contributed by atoms with Gasteiger partial charge in [-0.3, -0.25) is 4.79 Å². The first-order chi connectivity index (χ1) is 15.1. The van der Waals surface area contributed by atoms with Crippen molar-refractivity contribution in [2.45, 2.75) is 31.6 Å². The fourth-order valence-corrected chi connectivity index (χ4v) is 3.78. The highest BCUT2D eigenvalue weighted by molar-refractivity contribution is 5.84. The van der Waals surface area contributed by atoms with Gasteiger partial charge in [0.15, 0.2) is 6.29 Å². The number of fused-ring (bicyclic) bond motifs is 1. The summed E-state index contributed by atoms with van der Waals surface area (Å²) in [5.41, 5.74) is 8.67. The Morgan fingerprint density at radius 1 is 0.903 bits per heavy atom. The van der Waals surface area contributed by atoms with Crippen molar-refractivity contribution in [2.24, 2.45) is 5.73 Å². The maximum atomic E-state index is 13.2. The van der Waals surface area contributed by atoms with Crippen LogP contribution >= 0.6 is 0 Å². The molecule has 0 radical (unpaired) electrons. The number of nitrogens with two attached hydrogens (primary N) is 1. The Labute approximate surface area is 184 Å². The zero-order valence-electron chi connectivity index (χ0n) is 18.4. The zero-order chi connectivity index (χ0) is 22.1. The summed E-state index contributed by atoms with van der Waals surface area (Å²) in [6.07, 6.45) is 1.76. The Hall–Kier alpha value is -2.73. The van der Waals surface area contributed by atoms with E-state index in [1.54, 1.807) is 19.1 Å². The second kappa shape index (κ2) is 11.6. The highest BCUT2D eigenvalue weighted by Crippen LogP contribution is 2.17. The molecule has 3 aromatic rings. The van der Waals surface area contributed by atoms with Crippen LogP contribution in [0.2, 0.25) is 0 Å². The Morgan fingerprint density at radius 2 is 1.58 bits per heavy atom. The van der Waals surface area contributed by atoms with Gasteiger partial charge in [0.2, 0.25) is 5.91 Å². The van der Waals surface area contributed by atoms with Crippen LogP contribution in [0.3, 0.4) is 0 Å². The summed E-state index contributed by atoms with van der Waals surface area (Å²) in [7, 11) is 3.16. The molecule has 0 heterocycles. The van der Waals surface area contributed by atoms with Crippen LogP contribution in [0.1, 0.15) is 17.5 Å². The molecule has 1 amide bonds. The second-order valence-electron chi connectivity index (χ2n) is 7.77. The molecule has 0 spiro atoms. The molecule has 3 aromatic carbocycles. The van der Waals surface area contributed by atoms with Crippen LogP contribution in [0.5, 0.6) is 0 Å². The number of amides is 1. The summed E-state index contributed by atoms with van der Waals surface area (Å²) in [4.78, 5) is 15.0. The van der Waals surface area contributed by atoms with Gasteiger partial charge in [-0.2, -0.15) is 0 Å². The zero-order valence-corrected chi connectivity index (χ0v) is 18.4. The van der Waals surface area contributed by atoms with Gasteiger partial charge >= 0.3 is 0 Å². The lowest BCUT2D eigenvalue weighted by atomic mass is 10.0. The normalized spacial score (nSPS) is 12.3. The molecule has 0 aliphatic carbocycles. The highest BCUT2D eigenvalue weighted by Gasteiger charge is 2.24. The topological polar surface area (TPSA) is 64.8 Å². The van der Waals surface area contributed by atoms with Gasteiger partial charge in [-0.05, 0) is 41.2 Å². The van der Waals surface area contributed by atoms with Gasteiger partial charge in [-0.1, -0.05) is 72.8 Å². The second-order valence-corrected chi connectivity index (χ2v) is 7.77. The van der Waals surface area contributed by atoms with Crippen LogP contribution in [0.15, 0.2) is 72.8 Å². The SMILES string of the molecule is COC(CN(CCCc1ccccc1)C(=O)[C@@H](N)Cc1ccc2ccccc2c1)OC. The van der Waals surface area contributed by atoms with E-state index in [0.717, 1.165) is 23.8 Å². The summed E-state index contributed by atoms with van der Waals surface area (Å²) >= 11 is 0. The number of ether oxygens (including phenoxy) is 2. The Balaban J connectivity index is 1.65. The maximum absolute atomic E-state index is 13.2. The third-order valence-electron chi connectivity index (χ3n) is 5.53. The smallest absolute Gasteiger partial charge is 0.240 e. The van der Waals surface area contributed by atoms with E-state index in [2.05, 4.69) is 36.4 Å². The molecule has 3 rings (SSSR count). The van der Waals surface area contributed by atoms with Crippen molar-refractivity contribution in [3.8, 4) is 0 Å². The summed E-state index contributed by atoms with van der Waals surface area (Å²) in [5, 5.41) is 2.33. The van der Waals surface area contributed by atoms with E-state index in [4.69, 9.17) is 15.2 Å². The first-order valence-corrected chi connectivity index (χ1v) is 10.7. The molecule has 0 aliphatic heterocycles. The largest absolute Gasteiger partial charge is 0.354 e. The predicted octanol–water partition coefficient (Wildman–Crippen LogP) is 3.79. The van der Waals surface area contributed by atoms with Crippen molar-refractivity contribution in [3.05, 3.63) is 83.9 Å². The molecule has 0 fully saturated rings. The molecule has 0 aromatic heterocycles. The minimum atomic E-state index is -0.618. The van der Waals surface area contributed by atoms with Gasteiger partial charge in [-0.15, -0.1) is 0 Å². The van der Waals surface area contributed by atoms with Crippen molar-refractivity contribution in [1.29, 1.82) is 0 Å². The molecule has 0 bridgehead atoms. The van der Waals surface area contributed by atoms with E-state index in [-0.39, 0.29) is 5.91 Å². The lowest BCUT2D eigenvalue weighted by Gasteiger charge is -2.28. The highest BCUT2D eigenvalue weighted by atomic mass is 16.7. The van der Waals surface area contributed by atoms with Gasteiger partial charge in [0.25, 0.3) is 0 Å². The summed E-state index contributed by atoms with van der Waals surface area (Å²) in [6.45, 7) is 0.953. The molecule has 31 heavy (non-hydrogen) atoms. The molecule has 1 atom stereocenters. The van der Waals surface area contributed by atoms with E-state index in [1.807, 2.05) is 36.4 Å². The molecule has 0 saturated carbocycles. The van der Waals surface area contributed by atoms with Gasteiger partial charge in [-0.25, -0.2) is 0 Å². The molecule has 2 N–H and O–H groups in total. The minimum Gasteiger partial charge on any atom is -0.354 e. The number of hydrogen-bond acceptors (Lipinski definition) is 4. The lowest BCUT2D eigenvalue weighted by molar-refractivity contribution is -0.146. The molecule has 0 unspecified atom stereocenters. The van der Waals surface area contributed by atoms with E-state index in [0.29, 0.717) is 19.5 Å². The van der Waals surface area contributed by atoms with Crippen molar-refractivity contribution in [2.75, 3.05) is 27.3 Å². The van der Waals surface area contributed by atoms with Gasteiger partial charge in [0.1, 0.15) is 0 Å². The molecule has 164 valence electrons. The monoisotopic (exact) mass is 420 g/mol. The number of carbonyl (C=O) groups excluding carboxylic acids is 1. The van der Waals surface area contributed by atoms with E-state index < -0.39 is 12.3 Å². The van der Waals surface area contributed by atoms with Gasteiger partial charge in [0, 0.05) is 20.8 Å². The minimum absolute atomic E-state index is 0.0830. The first kappa shape index (κ1) is 22.9. The van der Waals surface area contributed by atoms with Crippen LogP contribution in [0.25, 0.3) is 10.8 Å². The van der Waals surface area contributed by atoms with E-state index in [9.17, 15) is 4.79 Å².